The Kier molecular flexibility index (Phi) is 5.86. The summed E-state index contributed by atoms with van der Waals surface area (Å²) in [4.78, 5) is 25.5. The third kappa shape index (κ3) is 5.46. The first kappa shape index (κ1) is 19.9. The van der Waals surface area contributed by atoms with Gasteiger partial charge in [-0.15, -0.1) is 0 Å². The first-order valence-corrected chi connectivity index (χ1v) is 11.0. The molecule has 132 valence electrons. The Morgan fingerprint density at radius 2 is 1.78 bits per heavy atom. The van der Waals surface area contributed by atoms with Crippen molar-refractivity contribution in [1.82, 2.24) is 4.90 Å². The SMILES string of the molecule is CC(C)(C)OC(=O)N1CC/C(=C\CO[Si](C)(C)C(C)(C)C)C1=O. The van der Waals surface area contributed by atoms with Crippen molar-refractivity contribution in [2.75, 3.05) is 13.2 Å². The number of hydrogen-bond donors (Lipinski definition) is 0. The summed E-state index contributed by atoms with van der Waals surface area (Å²) < 4.78 is 11.3. The van der Waals surface area contributed by atoms with Gasteiger partial charge in [0.05, 0.1) is 6.61 Å². The Labute approximate surface area is 141 Å². The highest BCUT2D eigenvalue weighted by Gasteiger charge is 2.37. The lowest BCUT2D eigenvalue weighted by Gasteiger charge is -2.35. The van der Waals surface area contributed by atoms with Gasteiger partial charge in [0.1, 0.15) is 5.60 Å². The monoisotopic (exact) mass is 341 g/mol. The van der Waals surface area contributed by atoms with E-state index in [-0.39, 0.29) is 10.9 Å². The minimum absolute atomic E-state index is 0.133. The first-order valence-electron chi connectivity index (χ1n) is 8.12. The zero-order valence-electron chi connectivity index (χ0n) is 15.8. The van der Waals surface area contributed by atoms with Crippen LogP contribution in [-0.2, 0) is 14.0 Å². The van der Waals surface area contributed by atoms with Gasteiger partial charge in [0.2, 0.25) is 0 Å². The van der Waals surface area contributed by atoms with Crippen molar-refractivity contribution < 1.29 is 18.8 Å². The minimum atomic E-state index is -1.83. The van der Waals surface area contributed by atoms with Crippen molar-refractivity contribution in [3.05, 3.63) is 11.6 Å². The largest absolute Gasteiger partial charge is 0.443 e. The summed E-state index contributed by atoms with van der Waals surface area (Å²) in [5, 5.41) is 0.133. The maximum atomic E-state index is 12.3. The summed E-state index contributed by atoms with van der Waals surface area (Å²) in [6.45, 7) is 17.0. The summed E-state index contributed by atoms with van der Waals surface area (Å²) >= 11 is 0. The topological polar surface area (TPSA) is 55.8 Å². The molecule has 0 N–H and O–H groups in total. The molecule has 0 spiro atoms. The summed E-state index contributed by atoms with van der Waals surface area (Å²) in [5.41, 5.74) is 0.0319. The fourth-order valence-electron chi connectivity index (χ4n) is 1.86. The molecular weight excluding hydrogens is 310 g/mol. The van der Waals surface area contributed by atoms with E-state index in [9.17, 15) is 9.59 Å². The molecule has 0 saturated carbocycles. The summed E-state index contributed by atoms with van der Waals surface area (Å²) in [7, 11) is -1.83. The van der Waals surface area contributed by atoms with Crippen LogP contribution in [0.15, 0.2) is 11.6 Å². The molecular formula is C17H31NO4Si. The zero-order valence-corrected chi connectivity index (χ0v) is 16.8. The standard InChI is InChI=1S/C17H31NO4Si/c1-16(2,3)22-15(20)18-11-9-13(14(18)19)10-12-21-23(7,8)17(4,5)6/h10H,9,11-12H2,1-8H3/b13-10+. The molecule has 0 aromatic rings. The predicted molar refractivity (Wildman–Crippen MR) is 93.8 cm³/mol. The Balaban J connectivity index is 2.64. The normalized spacial score (nSPS) is 18.7. The second kappa shape index (κ2) is 6.77. The first-order chi connectivity index (χ1) is 10.2. The highest BCUT2D eigenvalue weighted by atomic mass is 28.4. The number of rotatable bonds is 3. The van der Waals surface area contributed by atoms with Crippen LogP contribution in [0, 0.1) is 0 Å². The Hall–Kier alpha value is -1.14. The van der Waals surface area contributed by atoms with Gasteiger partial charge in [0.15, 0.2) is 8.32 Å². The van der Waals surface area contributed by atoms with Gasteiger partial charge in [-0.05, 0) is 45.3 Å². The summed E-state index contributed by atoms with van der Waals surface area (Å²) in [5.74, 6) is -0.266. The maximum absolute atomic E-state index is 12.3. The van der Waals surface area contributed by atoms with Crippen molar-refractivity contribution in [3.8, 4) is 0 Å². The number of nitrogens with zero attached hydrogens (tertiary/aromatic N) is 1. The van der Waals surface area contributed by atoms with Crippen molar-refractivity contribution >= 4 is 20.3 Å². The lowest BCUT2D eigenvalue weighted by atomic mass is 10.2. The van der Waals surface area contributed by atoms with Gasteiger partial charge in [-0.1, -0.05) is 26.8 Å². The lowest BCUT2D eigenvalue weighted by Crippen LogP contribution is -2.40. The molecule has 0 atom stereocenters. The predicted octanol–water partition coefficient (Wildman–Crippen LogP) is 4.10. The number of carbonyl (C=O) groups excluding carboxylic acids is 2. The highest BCUT2D eigenvalue weighted by Crippen LogP contribution is 2.36. The molecule has 0 unspecified atom stereocenters. The third-order valence-electron chi connectivity index (χ3n) is 4.32. The quantitative estimate of drug-likeness (QED) is 0.573. The van der Waals surface area contributed by atoms with Gasteiger partial charge in [-0.2, -0.15) is 0 Å². The molecule has 23 heavy (non-hydrogen) atoms. The van der Waals surface area contributed by atoms with E-state index in [0.29, 0.717) is 25.1 Å². The fourth-order valence-corrected chi connectivity index (χ4v) is 2.79. The van der Waals surface area contributed by atoms with Gasteiger partial charge in [0.25, 0.3) is 5.91 Å². The number of hydrogen-bond acceptors (Lipinski definition) is 4. The van der Waals surface area contributed by atoms with Crippen molar-refractivity contribution in [2.24, 2.45) is 0 Å². The van der Waals surface area contributed by atoms with E-state index in [1.807, 2.05) is 6.08 Å². The highest BCUT2D eigenvalue weighted by molar-refractivity contribution is 6.74. The van der Waals surface area contributed by atoms with E-state index >= 15 is 0 Å². The van der Waals surface area contributed by atoms with E-state index < -0.39 is 20.0 Å². The Morgan fingerprint density at radius 1 is 1.22 bits per heavy atom. The molecule has 0 bridgehead atoms. The van der Waals surface area contributed by atoms with E-state index in [0.717, 1.165) is 0 Å². The molecule has 0 aromatic heterocycles. The molecule has 1 fully saturated rings. The van der Waals surface area contributed by atoms with Gasteiger partial charge in [0, 0.05) is 12.1 Å². The second-order valence-electron chi connectivity index (χ2n) is 8.49. The summed E-state index contributed by atoms with van der Waals surface area (Å²) in [6.07, 6.45) is 1.79. The number of carbonyl (C=O) groups is 2. The Morgan fingerprint density at radius 3 is 2.26 bits per heavy atom. The van der Waals surface area contributed by atoms with Crippen molar-refractivity contribution in [3.63, 3.8) is 0 Å². The molecule has 0 aromatic carbocycles. The zero-order chi connectivity index (χ0) is 18.1. The molecule has 0 aliphatic carbocycles. The minimum Gasteiger partial charge on any atom is -0.443 e. The third-order valence-corrected chi connectivity index (χ3v) is 8.82. The van der Waals surface area contributed by atoms with Crippen LogP contribution in [-0.4, -0.2) is 44.0 Å². The molecule has 1 aliphatic heterocycles. The van der Waals surface area contributed by atoms with E-state index in [1.54, 1.807) is 20.8 Å². The van der Waals surface area contributed by atoms with Crippen LogP contribution in [0.25, 0.3) is 0 Å². The molecule has 2 amide bonds. The van der Waals surface area contributed by atoms with Crippen LogP contribution in [0.2, 0.25) is 18.1 Å². The van der Waals surface area contributed by atoms with Gasteiger partial charge >= 0.3 is 6.09 Å². The van der Waals surface area contributed by atoms with Crippen LogP contribution in [0.3, 0.4) is 0 Å². The fraction of sp³-hybridized carbons (Fsp3) is 0.765. The molecule has 0 radical (unpaired) electrons. The second-order valence-corrected chi connectivity index (χ2v) is 13.3. The van der Waals surface area contributed by atoms with Crippen LogP contribution in [0.4, 0.5) is 4.79 Å². The van der Waals surface area contributed by atoms with Gasteiger partial charge < -0.3 is 9.16 Å². The summed E-state index contributed by atoms with van der Waals surface area (Å²) in [6, 6.07) is 0. The Bertz CT molecular complexity index is 498. The van der Waals surface area contributed by atoms with Crippen molar-refractivity contribution in [2.45, 2.75) is 71.7 Å². The average molecular weight is 342 g/mol. The molecule has 1 saturated heterocycles. The van der Waals surface area contributed by atoms with Crippen LogP contribution in [0.5, 0.6) is 0 Å². The van der Waals surface area contributed by atoms with Gasteiger partial charge in [-0.3, -0.25) is 4.79 Å². The number of imide groups is 1. The number of likely N-dealkylation sites (tertiary alicyclic amines) is 1. The van der Waals surface area contributed by atoms with Crippen LogP contribution < -0.4 is 0 Å². The maximum Gasteiger partial charge on any atom is 0.417 e. The van der Waals surface area contributed by atoms with E-state index in [2.05, 4.69) is 33.9 Å². The van der Waals surface area contributed by atoms with Crippen molar-refractivity contribution in [1.29, 1.82) is 0 Å². The molecule has 1 heterocycles. The number of amides is 2. The molecule has 1 aliphatic rings. The molecule has 5 nitrogen and oxygen atoms in total. The molecule has 1 rings (SSSR count). The van der Waals surface area contributed by atoms with E-state index in [1.165, 1.54) is 4.90 Å². The van der Waals surface area contributed by atoms with Crippen LogP contribution in [0.1, 0.15) is 48.0 Å². The smallest absolute Gasteiger partial charge is 0.417 e. The van der Waals surface area contributed by atoms with Gasteiger partial charge in [-0.25, -0.2) is 9.69 Å². The average Bonchev–Trinajstić information content (AvgIpc) is 2.67. The van der Waals surface area contributed by atoms with E-state index in [4.69, 9.17) is 9.16 Å². The lowest BCUT2D eigenvalue weighted by molar-refractivity contribution is -0.124. The van der Waals surface area contributed by atoms with Crippen LogP contribution >= 0.6 is 0 Å². The number of ether oxygens (including phenoxy) is 1. The molecule has 6 heteroatoms.